The van der Waals surface area contributed by atoms with E-state index < -0.39 is 0 Å². The molecule has 10 nitrogen and oxygen atoms in total. The number of hydrogen-bond acceptors (Lipinski definition) is 8. The molecule has 0 aliphatic rings. The summed E-state index contributed by atoms with van der Waals surface area (Å²) >= 11 is 1.30. The van der Waals surface area contributed by atoms with E-state index in [1.54, 1.807) is 49.8 Å². The first-order chi connectivity index (χ1) is 20.5. The van der Waals surface area contributed by atoms with Crippen molar-refractivity contribution >= 4 is 45.8 Å². The van der Waals surface area contributed by atoms with Crippen LogP contribution in [0.4, 0.5) is 11.6 Å². The van der Waals surface area contributed by atoms with Crippen molar-refractivity contribution in [2.24, 2.45) is 0 Å². The molecule has 2 amide bonds. The van der Waals surface area contributed by atoms with Crippen molar-refractivity contribution in [1.82, 2.24) is 19.5 Å². The lowest BCUT2D eigenvalue weighted by molar-refractivity contribution is 0.0991. The molecule has 0 saturated carbocycles. The van der Waals surface area contributed by atoms with Crippen molar-refractivity contribution in [3.63, 3.8) is 0 Å². The van der Waals surface area contributed by atoms with Gasteiger partial charge in [0.2, 0.25) is 5.95 Å². The molecule has 0 atom stereocenters. The zero-order valence-corrected chi connectivity index (χ0v) is 23.2. The van der Waals surface area contributed by atoms with Crippen molar-refractivity contribution in [3.05, 3.63) is 113 Å². The molecule has 0 aliphatic carbocycles. The fourth-order valence-electron chi connectivity index (χ4n) is 4.53. The number of hydrogen-bond donors (Lipinski definition) is 1. The topological polar surface area (TPSA) is 130 Å². The molecule has 1 N–H and O–H groups in total. The van der Waals surface area contributed by atoms with E-state index >= 15 is 0 Å². The maximum absolute atomic E-state index is 13.3. The molecule has 4 heterocycles. The molecule has 206 valence electrons. The number of carbonyl (C=O) groups is 2. The van der Waals surface area contributed by atoms with Crippen molar-refractivity contribution in [1.29, 1.82) is 5.26 Å². The second kappa shape index (κ2) is 11.5. The summed E-state index contributed by atoms with van der Waals surface area (Å²) in [5, 5.41) is 12.0. The lowest BCUT2D eigenvalue weighted by Crippen LogP contribution is -2.26. The standard InChI is InChI=1S/C31H23N7O3S/c1-37(30(40)22-6-4-20(16-32)5-7-22)23-8-9-25-24(15-23)35-31(38(25)14-12-21-3-2-13-33-17-21)36-29(39)28-11-10-27(42-28)26-18-34-19-41-26/h2-11,13,15,17-19H,12,14H2,1H3,(H,35,36,39). The van der Waals surface area contributed by atoms with Crippen LogP contribution in [-0.4, -0.2) is 38.4 Å². The highest BCUT2D eigenvalue weighted by Gasteiger charge is 2.19. The van der Waals surface area contributed by atoms with Crippen molar-refractivity contribution in [3.8, 4) is 16.7 Å². The quantitative estimate of drug-likeness (QED) is 0.244. The van der Waals surface area contributed by atoms with Gasteiger partial charge in [0, 0.05) is 37.2 Å². The number of thiophene rings is 1. The number of nitriles is 1. The molecular formula is C31H23N7O3S. The van der Waals surface area contributed by atoms with Crippen molar-refractivity contribution < 1.29 is 14.0 Å². The second-order valence-electron chi connectivity index (χ2n) is 9.41. The minimum atomic E-state index is -0.294. The molecule has 0 unspecified atom stereocenters. The average Bonchev–Trinajstić information content (AvgIpc) is 3.80. The highest BCUT2D eigenvalue weighted by atomic mass is 32.1. The van der Waals surface area contributed by atoms with E-state index in [0.717, 1.165) is 16.0 Å². The Hall–Kier alpha value is -5.60. The molecule has 0 fully saturated rings. The SMILES string of the molecule is CN(C(=O)c1ccc(C#N)cc1)c1ccc2c(c1)nc(NC(=O)c1ccc(-c3cnco3)s1)n2CCc1cccnc1. The highest BCUT2D eigenvalue weighted by Crippen LogP contribution is 2.30. The van der Waals surface area contributed by atoms with Crippen LogP contribution in [0.15, 0.2) is 96.1 Å². The van der Waals surface area contributed by atoms with Crippen LogP contribution in [0.5, 0.6) is 0 Å². The summed E-state index contributed by atoms with van der Waals surface area (Å²) in [6.07, 6.45) is 7.17. The molecule has 6 rings (SSSR count). The number of fused-ring (bicyclic) bond motifs is 1. The number of oxazole rings is 1. The summed E-state index contributed by atoms with van der Waals surface area (Å²) in [7, 11) is 1.69. The number of pyridine rings is 1. The Morgan fingerprint density at radius 3 is 2.67 bits per heavy atom. The Morgan fingerprint density at radius 1 is 1.07 bits per heavy atom. The van der Waals surface area contributed by atoms with Crippen molar-refractivity contribution in [2.45, 2.75) is 13.0 Å². The van der Waals surface area contributed by atoms with Gasteiger partial charge in [-0.1, -0.05) is 6.07 Å². The molecule has 0 radical (unpaired) electrons. The Kier molecular flexibility index (Phi) is 7.28. The Balaban J connectivity index is 1.30. The van der Waals surface area contributed by atoms with Crippen LogP contribution < -0.4 is 10.2 Å². The average molecular weight is 574 g/mol. The number of aryl methyl sites for hydroxylation is 2. The number of imidazole rings is 1. The van der Waals surface area contributed by atoms with E-state index in [9.17, 15) is 9.59 Å². The van der Waals surface area contributed by atoms with Gasteiger partial charge < -0.3 is 13.9 Å². The van der Waals surface area contributed by atoms with E-state index in [-0.39, 0.29) is 11.8 Å². The maximum atomic E-state index is 13.3. The largest absolute Gasteiger partial charge is 0.443 e. The molecule has 42 heavy (non-hydrogen) atoms. The van der Waals surface area contributed by atoms with E-state index in [1.807, 2.05) is 47.2 Å². The lowest BCUT2D eigenvalue weighted by atomic mass is 10.1. The normalized spacial score (nSPS) is 10.9. The number of amides is 2. The highest BCUT2D eigenvalue weighted by molar-refractivity contribution is 7.17. The molecule has 6 aromatic rings. The number of carbonyl (C=O) groups excluding carboxylic acids is 2. The summed E-state index contributed by atoms with van der Waals surface area (Å²) < 4.78 is 7.31. The summed E-state index contributed by atoms with van der Waals surface area (Å²) in [5.41, 5.74) is 4.08. The van der Waals surface area contributed by atoms with Crippen LogP contribution in [0.1, 0.15) is 31.2 Å². The fraction of sp³-hybridized carbons (Fsp3) is 0.0968. The first-order valence-electron chi connectivity index (χ1n) is 13.0. The Morgan fingerprint density at radius 2 is 1.93 bits per heavy atom. The molecule has 0 spiro atoms. The first kappa shape index (κ1) is 26.6. The number of rotatable bonds is 8. The third-order valence-corrected chi connectivity index (χ3v) is 7.86. The Bertz CT molecular complexity index is 1920. The molecule has 2 aromatic carbocycles. The first-order valence-corrected chi connectivity index (χ1v) is 13.8. The van der Waals surface area contributed by atoms with Crippen LogP contribution in [0.25, 0.3) is 21.7 Å². The van der Waals surface area contributed by atoms with E-state index in [2.05, 4.69) is 21.4 Å². The number of anilines is 2. The summed E-state index contributed by atoms with van der Waals surface area (Å²) in [5.74, 6) is 0.474. The van der Waals surface area contributed by atoms with Gasteiger partial charge in [0.25, 0.3) is 11.8 Å². The molecule has 0 bridgehead atoms. The van der Waals surface area contributed by atoms with Crippen LogP contribution >= 0.6 is 11.3 Å². The number of aromatic nitrogens is 4. The monoisotopic (exact) mass is 573 g/mol. The van der Waals surface area contributed by atoms with Gasteiger partial charge in [0.1, 0.15) is 0 Å². The van der Waals surface area contributed by atoms with E-state index in [1.165, 1.54) is 22.6 Å². The molecule has 11 heteroatoms. The van der Waals surface area contributed by atoms with Gasteiger partial charge in [-0.05, 0) is 72.6 Å². The van der Waals surface area contributed by atoms with Crippen LogP contribution in [0, 0.1) is 11.3 Å². The van der Waals surface area contributed by atoms with E-state index in [0.29, 0.717) is 51.9 Å². The zero-order valence-electron chi connectivity index (χ0n) is 22.4. The van der Waals surface area contributed by atoms with Gasteiger partial charge in [-0.2, -0.15) is 5.26 Å². The number of benzene rings is 2. The molecule has 4 aromatic heterocycles. The second-order valence-corrected chi connectivity index (χ2v) is 10.5. The minimum absolute atomic E-state index is 0.219. The van der Waals surface area contributed by atoms with Crippen LogP contribution in [0.3, 0.4) is 0 Å². The number of nitrogens with zero attached hydrogens (tertiary/aromatic N) is 6. The molecular weight excluding hydrogens is 550 g/mol. The lowest BCUT2D eigenvalue weighted by Gasteiger charge is -2.17. The summed E-state index contributed by atoms with van der Waals surface area (Å²) in [6.45, 7) is 0.547. The zero-order chi connectivity index (χ0) is 29.1. The molecule has 0 aliphatic heterocycles. The van der Waals surface area contributed by atoms with Crippen molar-refractivity contribution in [2.75, 3.05) is 17.3 Å². The minimum Gasteiger partial charge on any atom is -0.443 e. The van der Waals surface area contributed by atoms with Gasteiger partial charge in [0.15, 0.2) is 12.2 Å². The van der Waals surface area contributed by atoms with Crippen LogP contribution in [-0.2, 0) is 13.0 Å². The van der Waals surface area contributed by atoms with Crippen LogP contribution in [0.2, 0.25) is 0 Å². The fourth-order valence-corrected chi connectivity index (χ4v) is 5.38. The molecule has 0 saturated heterocycles. The third-order valence-electron chi connectivity index (χ3n) is 6.76. The summed E-state index contributed by atoms with van der Waals surface area (Å²) in [4.78, 5) is 42.2. The van der Waals surface area contributed by atoms with Gasteiger partial charge >= 0.3 is 0 Å². The van der Waals surface area contributed by atoms with Gasteiger partial charge in [-0.15, -0.1) is 11.3 Å². The van der Waals surface area contributed by atoms with Gasteiger partial charge in [-0.3, -0.25) is 19.9 Å². The number of nitrogens with one attached hydrogen (secondary N) is 1. The smallest absolute Gasteiger partial charge is 0.268 e. The van der Waals surface area contributed by atoms with E-state index in [4.69, 9.17) is 14.7 Å². The summed E-state index contributed by atoms with van der Waals surface area (Å²) in [6, 6.07) is 21.6. The predicted octanol–water partition coefficient (Wildman–Crippen LogP) is 5.79. The maximum Gasteiger partial charge on any atom is 0.268 e. The Labute approximate surface area is 244 Å². The predicted molar refractivity (Wildman–Crippen MR) is 159 cm³/mol. The van der Waals surface area contributed by atoms with Gasteiger partial charge in [0.05, 0.1) is 38.6 Å². The third kappa shape index (κ3) is 5.39. The van der Waals surface area contributed by atoms with Gasteiger partial charge in [-0.25, -0.2) is 9.97 Å².